The van der Waals surface area contributed by atoms with E-state index in [1.807, 2.05) is 17.0 Å². The van der Waals surface area contributed by atoms with Gasteiger partial charge < -0.3 is 5.32 Å². The number of amides is 1. The number of piperidine rings is 1. The van der Waals surface area contributed by atoms with Gasteiger partial charge in [-0.15, -0.1) is 0 Å². The molecule has 1 aromatic rings. The Kier molecular flexibility index (Phi) is 5.86. The summed E-state index contributed by atoms with van der Waals surface area (Å²) in [4.78, 5) is 13.8. The van der Waals surface area contributed by atoms with Crippen LogP contribution in [0.2, 0.25) is 0 Å². The maximum Gasteiger partial charge on any atom is 0.389 e. The monoisotopic (exact) mass is 378 g/mol. The molecule has 1 aliphatic heterocycles. The number of likely N-dealkylation sites (tertiary alicyclic amines) is 1. The van der Waals surface area contributed by atoms with Gasteiger partial charge in [-0.3, -0.25) is 9.69 Å². The van der Waals surface area contributed by atoms with E-state index in [0.717, 1.165) is 4.47 Å². The number of anilines is 1. The number of nitrogens with zero attached hydrogens (tertiary/aromatic N) is 1. The molecule has 7 heteroatoms. The molecule has 1 saturated heterocycles. The molecule has 1 N–H and O–H groups in total. The Morgan fingerprint density at radius 1 is 1.23 bits per heavy atom. The number of carbonyl (C=O) groups is 1. The summed E-state index contributed by atoms with van der Waals surface area (Å²) in [6, 6.07) is 7.24. The molecule has 0 saturated carbocycles. The third-order valence-corrected chi connectivity index (χ3v) is 4.25. The van der Waals surface area contributed by atoms with E-state index < -0.39 is 12.6 Å². The predicted molar refractivity (Wildman–Crippen MR) is 82.6 cm³/mol. The van der Waals surface area contributed by atoms with E-state index in [1.165, 1.54) is 0 Å². The average molecular weight is 379 g/mol. The fourth-order valence-corrected chi connectivity index (χ4v) is 2.88. The van der Waals surface area contributed by atoms with Gasteiger partial charge in [0.2, 0.25) is 5.91 Å². The van der Waals surface area contributed by atoms with Gasteiger partial charge >= 0.3 is 6.18 Å². The van der Waals surface area contributed by atoms with Gasteiger partial charge in [-0.05, 0) is 56.1 Å². The van der Waals surface area contributed by atoms with Crippen molar-refractivity contribution < 1.29 is 18.0 Å². The Morgan fingerprint density at radius 3 is 2.36 bits per heavy atom. The summed E-state index contributed by atoms with van der Waals surface area (Å²) < 4.78 is 37.9. The van der Waals surface area contributed by atoms with Gasteiger partial charge in [-0.1, -0.05) is 15.9 Å². The van der Waals surface area contributed by atoms with Gasteiger partial charge in [0.1, 0.15) is 0 Å². The molecule has 1 aliphatic rings. The van der Waals surface area contributed by atoms with Gasteiger partial charge in [-0.25, -0.2) is 0 Å². The molecular weight excluding hydrogens is 361 g/mol. The lowest BCUT2D eigenvalue weighted by Gasteiger charge is -2.31. The van der Waals surface area contributed by atoms with Crippen LogP contribution in [-0.2, 0) is 4.79 Å². The number of benzene rings is 1. The van der Waals surface area contributed by atoms with Gasteiger partial charge in [0.15, 0.2) is 0 Å². The Morgan fingerprint density at radius 2 is 1.82 bits per heavy atom. The van der Waals surface area contributed by atoms with Crippen molar-refractivity contribution in [1.82, 2.24) is 4.90 Å². The second kappa shape index (κ2) is 7.46. The van der Waals surface area contributed by atoms with E-state index in [-0.39, 0.29) is 18.4 Å². The minimum Gasteiger partial charge on any atom is -0.325 e. The topological polar surface area (TPSA) is 32.3 Å². The van der Waals surface area contributed by atoms with Crippen LogP contribution < -0.4 is 5.32 Å². The zero-order chi connectivity index (χ0) is 16.2. The molecule has 2 rings (SSSR count). The van der Waals surface area contributed by atoms with Crippen LogP contribution in [0.3, 0.4) is 0 Å². The van der Waals surface area contributed by atoms with Gasteiger partial charge in [0, 0.05) is 16.6 Å². The van der Waals surface area contributed by atoms with Crippen LogP contribution in [0.15, 0.2) is 28.7 Å². The Balaban J connectivity index is 1.73. The van der Waals surface area contributed by atoms with Crippen molar-refractivity contribution in [3.8, 4) is 0 Å². The molecule has 0 bridgehead atoms. The Labute approximate surface area is 136 Å². The van der Waals surface area contributed by atoms with Crippen LogP contribution in [0, 0.1) is 5.92 Å². The molecule has 1 amide bonds. The van der Waals surface area contributed by atoms with Crippen molar-refractivity contribution in [2.45, 2.75) is 25.4 Å². The smallest absolute Gasteiger partial charge is 0.325 e. The van der Waals surface area contributed by atoms with E-state index in [0.29, 0.717) is 31.6 Å². The lowest BCUT2D eigenvalue weighted by atomic mass is 9.93. The minimum atomic E-state index is -4.09. The van der Waals surface area contributed by atoms with Crippen molar-refractivity contribution in [3.05, 3.63) is 28.7 Å². The van der Waals surface area contributed by atoms with E-state index in [1.54, 1.807) is 12.1 Å². The van der Waals surface area contributed by atoms with Crippen molar-refractivity contribution in [3.63, 3.8) is 0 Å². The first kappa shape index (κ1) is 17.3. The van der Waals surface area contributed by atoms with Crippen LogP contribution >= 0.6 is 15.9 Å². The first-order valence-electron chi connectivity index (χ1n) is 7.16. The quantitative estimate of drug-likeness (QED) is 0.856. The number of halogens is 4. The molecule has 1 fully saturated rings. The summed E-state index contributed by atoms with van der Waals surface area (Å²) >= 11 is 3.32. The molecule has 0 spiro atoms. The Hall–Kier alpha value is -1.08. The molecule has 0 radical (unpaired) electrons. The van der Waals surface area contributed by atoms with Crippen LogP contribution in [0.4, 0.5) is 18.9 Å². The number of hydrogen-bond donors (Lipinski definition) is 1. The maximum atomic E-state index is 12.3. The van der Waals surface area contributed by atoms with Crippen molar-refractivity contribution in [1.29, 1.82) is 0 Å². The van der Waals surface area contributed by atoms with E-state index >= 15 is 0 Å². The normalized spacial score (nSPS) is 17.5. The van der Waals surface area contributed by atoms with E-state index in [4.69, 9.17) is 0 Å². The average Bonchev–Trinajstić information content (AvgIpc) is 2.42. The summed E-state index contributed by atoms with van der Waals surface area (Å²) in [5.41, 5.74) is 0.708. The largest absolute Gasteiger partial charge is 0.389 e. The van der Waals surface area contributed by atoms with Crippen molar-refractivity contribution in [2.24, 2.45) is 5.92 Å². The zero-order valence-electron chi connectivity index (χ0n) is 12.0. The van der Waals surface area contributed by atoms with E-state index in [9.17, 15) is 18.0 Å². The van der Waals surface area contributed by atoms with Gasteiger partial charge in [0.05, 0.1) is 6.54 Å². The second-order valence-corrected chi connectivity index (χ2v) is 6.51. The summed E-state index contributed by atoms with van der Waals surface area (Å²) in [5.74, 6) is -0.456. The SMILES string of the molecule is O=C(CN1CCC(CC(F)(F)F)CC1)Nc1ccc(Br)cc1. The van der Waals surface area contributed by atoms with Crippen molar-refractivity contribution >= 4 is 27.5 Å². The molecule has 0 unspecified atom stereocenters. The number of rotatable bonds is 4. The highest BCUT2D eigenvalue weighted by molar-refractivity contribution is 9.10. The maximum absolute atomic E-state index is 12.3. The summed E-state index contributed by atoms with van der Waals surface area (Å²) in [5, 5.41) is 2.78. The minimum absolute atomic E-state index is 0.142. The Bertz CT molecular complexity index is 497. The highest BCUT2D eigenvalue weighted by atomic mass is 79.9. The third-order valence-electron chi connectivity index (χ3n) is 3.72. The number of nitrogens with one attached hydrogen (secondary N) is 1. The molecular formula is C15H18BrF3N2O. The summed E-state index contributed by atoms with van der Waals surface area (Å²) in [7, 11) is 0. The lowest BCUT2D eigenvalue weighted by molar-refractivity contribution is -0.147. The molecule has 0 atom stereocenters. The lowest BCUT2D eigenvalue weighted by Crippen LogP contribution is -2.40. The first-order chi connectivity index (χ1) is 10.3. The van der Waals surface area contributed by atoms with Crippen LogP contribution in [0.25, 0.3) is 0 Å². The van der Waals surface area contributed by atoms with E-state index in [2.05, 4.69) is 21.2 Å². The summed E-state index contributed by atoms with van der Waals surface area (Å²) in [6.45, 7) is 1.29. The van der Waals surface area contributed by atoms with Crippen LogP contribution in [0.5, 0.6) is 0 Å². The van der Waals surface area contributed by atoms with Gasteiger partial charge in [0.25, 0.3) is 0 Å². The highest BCUT2D eigenvalue weighted by Gasteiger charge is 2.33. The van der Waals surface area contributed by atoms with Crippen LogP contribution in [-0.4, -0.2) is 36.6 Å². The third kappa shape index (κ3) is 5.96. The van der Waals surface area contributed by atoms with Gasteiger partial charge in [-0.2, -0.15) is 13.2 Å². The standard InChI is InChI=1S/C15H18BrF3N2O/c16-12-1-3-13(4-2-12)20-14(22)10-21-7-5-11(6-8-21)9-15(17,18)19/h1-4,11H,5-10H2,(H,20,22). The second-order valence-electron chi connectivity index (χ2n) is 5.59. The molecule has 122 valence electrons. The molecule has 3 nitrogen and oxygen atoms in total. The number of alkyl halides is 3. The molecule has 0 aliphatic carbocycles. The fourth-order valence-electron chi connectivity index (χ4n) is 2.61. The molecule has 0 aromatic heterocycles. The summed E-state index contributed by atoms with van der Waals surface area (Å²) in [6.07, 6.45) is -3.83. The van der Waals surface area contributed by atoms with Crippen LogP contribution in [0.1, 0.15) is 19.3 Å². The number of hydrogen-bond acceptors (Lipinski definition) is 2. The first-order valence-corrected chi connectivity index (χ1v) is 7.95. The predicted octanol–water partition coefficient (Wildman–Crippen LogP) is 4.05. The number of carbonyl (C=O) groups excluding carboxylic acids is 1. The molecule has 1 heterocycles. The molecule has 1 aromatic carbocycles. The van der Waals surface area contributed by atoms with Crippen molar-refractivity contribution in [2.75, 3.05) is 25.0 Å². The highest BCUT2D eigenvalue weighted by Crippen LogP contribution is 2.30. The molecule has 22 heavy (non-hydrogen) atoms. The fraction of sp³-hybridized carbons (Fsp3) is 0.533. The zero-order valence-corrected chi connectivity index (χ0v) is 13.6.